The van der Waals surface area contributed by atoms with Crippen LogP contribution in [0.15, 0.2) is 22.2 Å². The maximum atomic E-state index is 11.4. The molecule has 4 N–H and O–H groups in total. The van der Waals surface area contributed by atoms with Crippen molar-refractivity contribution in [3.63, 3.8) is 0 Å². The Kier molecular flexibility index (Phi) is 4.86. The molecule has 2 aromatic heterocycles. The van der Waals surface area contributed by atoms with Gasteiger partial charge in [-0.2, -0.15) is 4.73 Å². The van der Waals surface area contributed by atoms with E-state index in [0.717, 1.165) is 23.6 Å². The first kappa shape index (κ1) is 16.8. The number of nitrogens with two attached hydrogens (primary N) is 1. The molecular weight excluding hydrogens is 348 g/mol. The number of carbonyl (C=O) groups excluding carboxylic acids is 1. The topological polar surface area (TPSA) is 140 Å². The van der Waals surface area contributed by atoms with Gasteiger partial charge in [-0.25, -0.2) is 4.98 Å². The molecule has 0 saturated heterocycles. The lowest BCUT2D eigenvalue weighted by atomic mass is 10.2. The Labute approximate surface area is 138 Å². The maximum Gasteiger partial charge on any atom is 0.223 e. The average molecular weight is 359 g/mol. The lowest BCUT2D eigenvalue weighted by molar-refractivity contribution is -0.102. The molecule has 0 radical (unpaired) electrons. The highest BCUT2D eigenvalue weighted by molar-refractivity contribution is 7.19. The second kappa shape index (κ2) is 6.67. The molecule has 2 heterocycles. The molecule has 2 aromatic rings. The largest absolute Gasteiger partial charge is 0.503 e. The minimum Gasteiger partial charge on any atom is -0.503 e. The van der Waals surface area contributed by atoms with Crippen LogP contribution in [0.3, 0.4) is 0 Å². The Morgan fingerprint density at radius 3 is 2.91 bits per heavy atom. The van der Waals surface area contributed by atoms with Crippen LogP contribution in [0.25, 0.3) is 0 Å². The number of nitrogens with zero attached hydrogens (tertiary/aromatic N) is 3. The number of aromatic nitrogens is 2. The zero-order chi connectivity index (χ0) is 17.1. The molecule has 23 heavy (non-hydrogen) atoms. The third-order valence-corrected chi connectivity index (χ3v) is 3.81. The first-order chi connectivity index (χ1) is 10.8. The molecule has 9 nitrogen and oxygen atoms in total. The molecule has 122 valence electrons. The highest BCUT2D eigenvalue weighted by Gasteiger charge is 2.17. The molecule has 0 saturated carbocycles. The monoisotopic (exact) mass is 358 g/mol. The summed E-state index contributed by atoms with van der Waals surface area (Å²) in [6.07, 6.45) is 0.300. The smallest absolute Gasteiger partial charge is 0.223 e. The van der Waals surface area contributed by atoms with Crippen LogP contribution in [-0.2, 0) is 9.63 Å². The minimum absolute atomic E-state index is 0.0192. The zero-order valence-electron chi connectivity index (χ0n) is 11.6. The van der Waals surface area contributed by atoms with Gasteiger partial charge in [0.15, 0.2) is 29.0 Å². The lowest BCUT2D eigenvalue weighted by Crippen LogP contribution is -2.14. The fourth-order valence-corrected chi connectivity index (χ4v) is 2.56. The minimum atomic E-state index is -0.905. The molecule has 1 atom stereocenters. The molecule has 0 fully saturated rings. The van der Waals surface area contributed by atoms with E-state index in [0.29, 0.717) is 11.0 Å². The number of thiazole rings is 1. The van der Waals surface area contributed by atoms with Gasteiger partial charge in [0.1, 0.15) is 15.7 Å². The molecule has 1 unspecified atom stereocenters. The highest BCUT2D eigenvalue weighted by atomic mass is 35.5. The van der Waals surface area contributed by atoms with E-state index in [9.17, 15) is 19.9 Å². The molecule has 0 aromatic carbocycles. The van der Waals surface area contributed by atoms with E-state index in [1.54, 1.807) is 0 Å². The quantitative estimate of drug-likeness (QED) is 0.315. The van der Waals surface area contributed by atoms with Crippen molar-refractivity contribution in [3.05, 3.63) is 38.2 Å². The average Bonchev–Trinajstić information content (AvgIpc) is 2.82. The molecule has 0 aliphatic carbocycles. The summed E-state index contributed by atoms with van der Waals surface area (Å²) in [5, 5.41) is 22.6. The molecular formula is C12H11ClN4O5S. The lowest BCUT2D eigenvalue weighted by Gasteiger charge is -2.13. The number of aromatic hydroxyl groups is 1. The summed E-state index contributed by atoms with van der Waals surface area (Å²) in [6, 6.07) is 0.976. The second-order valence-corrected chi connectivity index (χ2v) is 5.94. The summed E-state index contributed by atoms with van der Waals surface area (Å²) < 4.78 is 0.694. The van der Waals surface area contributed by atoms with Gasteiger partial charge >= 0.3 is 0 Å². The Hall–Kier alpha value is -2.59. The summed E-state index contributed by atoms with van der Waals surface area (Å²) in [7, 11) is 0. The molecule has 2 rings (SSSR count). The number of hydrogen-bond donors (Lipinski definition) is 3. The van der Waals surface area contributed by atoms with Crippen LogP contribution in [-0.4, -0.2) is 32.0 Å². The number of anilines is 1. The van der Waals surface area contributed by atoms with E-state index < -0.39 is 17.3 Å². The van der Waals surface area contributed by atoms with E-state index in [-0.39, 0.29) is 26.6 Å². The Bertz CT molecular complexity index is 831. The van der Waals surface area contributed by atoms with Crippen molar-refractivity contribution < 1.29 is 19.9 Å². The number of hydrogen-bond acceptors (Lipinski definition) is 9. The zero-order valence-corrected chi connectivity index (χ0v) is 13.2. The summed E-state index contributed by atoms with van der Waals surface area (Å²) >= 11 is 6.86. The predicted molar refractivity (Wildman–Crippen MR) is 83.2 cm³/mol. The first-order valence-corrected chi connectivity index (χ1v) is 7.29. The summed E-state index contributed by atoms with van der Waals surface area (Å²) in [5.74, 6) is -0.620. The van der Waals surface area contributed by atoms with Gasteiger partial charge in [-0.1, -0.05) is 28.1 Å². The predicted octanol–water partition coefficient (Wildman–Crippen LogP) is 1.16. The molecule has 11 heteroatoms. The van der Waals surface area contributed by atoms with E-state index >= 15 is 0 Å². The normalized spacial score (nSPS) is 12.9. The van der Waals surface area contributed by atoms with Crippen LogP contribution in [0.5, 0.6) is 5.75 Å². The fourth-order valence-electron chi connectivity index (χ4n) is 1.62. The molecule has 0 spiro atoms. The van der Waals surface area contributed by atoms with Crippen molar-refractivity contribution in [2.75, 3.05) is 5.73 Å². The van der Waals surface area contributed by atoms with Crippen LogP contribution in [0.2, 0.25) is 4.34 Å². The van der Waals surface area contributed by atoms with Crippen LogP contribution in [0.4, 0.5) is 5.13 Å². The van der Waals surface area contributed by atoms with Crippen molar-refractivity contribution in [1.29, 1.82) is 0 Å². The van der Waals surface area contributed by atoms with Crippen LogP contribution in [0.1, 0.15) is 24.4 Å². The molecule has 0 bridgehead atoms. The first-order valence-electron chi connectivity index (χ1n) is 6.09. The van der Waals surface area contributed by atoms with Gasteiger partial charge in [0.25, 0.3) is 0 Å². The summed E-state index contributed by atoms with van der Waals surface area (Å²) in [5.41, 5.74) is 4.69. The third kappa shape index (κ3) is 3.60. The van der Waals surface area contributed by atoms with Gasteiger partial charge in [0.2, 0.25) is 5.43 Å². The van der Waals surface area contributed by atoms with E-state index in [1.165, 1.54) is 6.92 Å². The second-order valence-electron chi connectivity index (χ2n) is 4.31. The Balaban J connectivity index is 2.27. The van der Waals surface area contributed by atoms with Crippen molar-refractivity contribution in [3.8, 4) is 5.75 Å². The van der Waals surface area contributed by atoms with Crippen LogP contribution >= 0.6 is 22.9 Å². The molecule has 0 aliphatic heterocycles. The van der Waals surface area contributed by atoms with Crippen molar-refractivity contribution >= 4 is 40.1 Å². The number of halogens is 1. The third-order valence-electron chi connectivity index (χ3n) is 2.72. The van der Waals surface area contributed by atoms with E-state index in [1.807, 2.05) is 0 Å². The number of oxime groups is 1. The standard InChI is InChI=1S/C12H11ClN4O5S/c1-5(7-2-8(19)9(20)3-17(7)21)22-16-6(4-18)10-11(13)23-12(14)15-10/h2-5,20-21H,1H3,(H2,14,15)/b16-6+. The number of aldehydes is 1. The van der Waals surface area contributed by atoms with Gasteiger partial charge in [-0.3, -0.25) is 9.59 Å². The van der Waals surface area contributed by atoms with E-state index in [2.05, 4.69) is 10.1 Å². The number of nitrogen functional groups attached to an aromatic ring is 1. The Morgan fingerprint density at radius 2 is 2.35 bits per heavy atom. The van der Waals surface area contributed by atoms with Gasteiger partial charge in [0.05, 0.1) is 6.20 Å². The number of carbonyl (C=O) groups is 1. The summed E-state index contributed by atoms with van der Waals surface area (Å²) in [6.45, 7) is 1.47. The van der Waals surface area contributed by atoms with Crippen molar-refractivity contribution in [2.24, 2.45) is 5.16 Å². The number of pyridine rings is 1. The SMILES string of the molecule is CC(O/N=C(\C=O)c1nc(N)sc1Cl)c1cc(=O)c(O)cn1O. The molecule has 0 aliphatic rings. The summed E-state index contributed by atoms with van der Waals surface area (Å²) in [4.78, 5) is 31.5. The van der Waals surface area contributed by atoms with Gasteiger partial charge < -0.3 is 20.9 Å². The van der Waals surface area contributed by atoms with Gasteiger partial charge in [0, 0.05) is 6.07 Å². The van der Waals surface area contributed by atoms with Gasteiger partial charge in [-0.05, 0) is 6.92 Å². The fraction of sp³-hybridized carbons (Fsp3) is 0.167. The number of rotatable bonds is 5. The maximum absolute atomic E-state index is 11.4. The van der Waals surface area contributed by atoms with Crippen LogP contribution in [0, 0.1) is 0 Å². The van der Waals surface area contributed by atoms with E-state index in [4.69, 9.17) is 22.2 Å². The van der Waals surface area contributed by atoms with Crippen molar-refractivity contribution in [2.45, 2.75) is 13.0 Å². The highest BCUT2D eigenvalue weighted by Crippen LogP contribution is 2.26. The van der Waals surface area contributed by atoms with Crippen molar-refractivity contribution in [1.82, 2.24) is 9.71 Å². The van der Waals surface area contributed by atoms with Gasteiger partial charge in [-0.15, -0.1) is 0 Å². The Morgan fingerprint density at radius 1 is 1.65 bits per heavy atom. The molecule has 0 amide bonds. The van der Waals surface area contributed by atoms with Crippen LogP contribution < -0.4 is 11.2 Å².